The third-order valence-electron chi connectivity index (χ3n) is 3.75. The zero-order valence-electron chi connectivity index (χ0n) is 10.9. The van der Waals surface area contributed by atoms with E-state index in [0.29, 0.717) is 6.04 Å². The quantitative estimate of drug-likeness (QED) is 0.729. The molecule has 0 saturated carbocycles. The standard InChI is InChI=1S/C13H26N2O/c1-4-8-11(5-2)15-12(16)13(6-3)9-7-10-14-13/h11,14H,4-10H2,1-3H3,(H,15,16). The molecule has 0 aromatic heterocycles. The molecule has 0 aromatic carbocycles. The van der Waals surface area contributed by atoms with Crippen LogP contribution in [0.4, 0.5) is 0 Å². The summed E-state index contributed by atoms with van der Waals surface area (Å²) < 4.78 is 0. The molecule has 94 valence electrons. The van der Waals surface area contributed by atoms with Gasteiger partial charge in [0.05, 0.1) is 5.54 Å². The number of nitrogens with one attached hydrogen (secondary N) is 2. The summed E-state index contributed by atoms with van der Waals surface area (Å²) in [6.07, 6.45) is 6.23. The summed E-state index contributed by atoms with van der Waals surface area (Å²) >= 11 is 0. The third-order valence-corrected chi connectivity index (χ3v) is 3.75. The fourth-order valence-electron chi connectivity index (χ4n) is 2.51. The number of hydrogen-bond donors (Lipinski definition) is 2. The van der Waals surface area contributed by atoms with Crippen molar-refractivity contribution in [1.82, 2.24) is 10.6 Å². The van der Waals surface area contributed by atoms with Crippen LogP contribution in [0.2, 0.25) is 0 Å². The van der Waals surface area contributed by atoms with Crippen molar-refractivity contribution >= 4 is 5.91 Å². The molecule has 2 atom stereocenters. The van der Waals surface area contributed by atoms with E-state index < -0.39 is 0 Å². The number of hydrogen-bond acceptors (Lipinski definition) is 2. The van der Waals surface area contributed by atoms with Gasteiger partial charge in [-0.3, -0.25) is 4.79 Å². The van der Waals surface area contributed by atoms with Crippen LogP contribution in [-0.4, -0.2) is 24.0 Å². The van der Waals surface area contributed by atoms with Crippen molar-refractivity contribution in [3.63, 3.8) is 0 Å². The molecule has 3 nitrogen and oxygen atoms in total. The molecule has 0 aromatic rings. The summed E-state index contributed by atoms with van der Waals surface area (Å²) in [6, 6.07) is 0.350. The maximum absolute atomic E-state index is 12.3. The predicted molar refractivity (Wildman–Crippen MR) is 67.4 cm³/mol. The monoisotopic (exact) mass is 226 g/mol. The molecular weight excluding hydrogens is 200 g/mol. The van der Waals surface area contributed by atoms with E-state index in [2.05, 4.69) is 31.4 Å². The lowest BCUT2D eigenvalue weighted by Gasteiger charge is -2.29. The van der Waals surface area contributed by atoms with Gasteiger partial charge in [-0.25, -0.2) is 0 Å². The van der Waals surface area contributed by atoms with Gasteiger partial charge in [-0.2, -0.15) is 0 Å². The van der Waals surface area contributed by atoms with Gasteiger partial charge in [0.25, 0.3) is 0 Å². The predicted octanol–water partition coefficient (Wildman–Crippen LogP) is 2.21. The first kappa shape index (κ1) is 13.5. The summed E-state index contributed by atoms with van der Waals surface area (Å²) in [4.78, 5) is 12.3. The highest BCUT2D eigenvalue weighted by Gasteiger charge is 2.39. The van der Waals surface area contributed by atoms with Crippen molar-refractivity contribution in [2.45, 2.75) is 70.9 Å². The Morgan fingerprint density at radius 2 is 2.19 bits per heavy atom. The van der Waals surface area contributed by atoms with Gasteiger partial charge < -0.3 is 10.6 Å². The van der Waals surface area contributed by atoms with E-state index in [0.717, 1.165) is 45.1 Å². The molecule has 2 unspecified atom stereocenters. The van der Waals surface area contributed by atoms with E-state index in [9.17, 15) is 4.79 Å². The van der Waals surface area contributed by atoms with E-state index in [-0.39, 0.29) is 11.4 Å². The van der Waals surface area contributed by atoms with Crippen LogP contribution in [0.15, 0.2) is 0 Å². The van der Waals surface area contributed by atoms with Gasteiger partial charge in [-0.15, -0.1) is 0 Å². The normalized spacial score (nSPS) is 26.7. The fraction of sp³-hybridized carbons (Fsp3) is 0.923. The molecule has 1 saturated heterocycles. The molecule has 0 spiro atoms. The number of carbonyl (C=O) groups excluding carboxylic acids is 1. The highest BCUT2D eigenvalue weighted by Crippen LogP contribution is 2.23. The zero-order chi connectivity index (χ0) is 12.0. The number of carbonyl (C=O) groups is 1. The van der Waals surface area contributed by atoms with Gasteiger partial charge in [-0.05, 0) is 38.6 Å². The van der Waals surface area contributed by atoms with Crippen molar-refractivity contribution in [2.75, 3.05) is 6.54 Å². The summed E-state index contributed by atoms with van der Waals surface area (Å²) in [5.41, 5.74) is -0.277. The molecule has 16 heavy (non-hydrogen) atoms. The molecule has 0 aliphatic carbocycles. The SMILES string of the molecule is CCCC(CC)NC(=O)C1(CC)CCCN1. The lowest BCUT2D eigenvalue weighted by atomic mass is 9.92. The molecule has 3 heteroatoms. The molecule has 0 radical (unpaired) electrons. The third kappa shape index (κ3) is 2.97. The highest BCUT2D eigenvalue weighted by molar-refractivity contribution is 5.86. The van der Waals surface area contributed by atoms with Crippen molar-refractivity contribution in [1.29, 1.82) is 0 Å². The highest BCUT2D eigenvalue weighted by atomic mass is 16.2. The molecule has 1 aliphatic rings. The molecule has 1 amide bonds. The zero-order valence-corrected chi connectivity index (χ0v) is 10.9. The van der Waals surface area contributed by atoms with Crippen LogP contribution in [0.25, 0.3) is 0 Å². The Morgan fingerprint density at radius 1 is 1.44 bits per heavy atom. The molecule has 0 bridgehead atoms. The van der Waals surface area contributed by atoms with E-state index in [1.165, 1.54) is 0 Å². The van der Waals surface area contributed by atoms with Gasteiger partial charge >= 0.3 is 0 Å². The molecular formula is C13H26N2O. The summed E-state index contributed by atoms with van der Waals surface area (Å²) in [7, 11) is 0. The Kier molecular flexibility index (Phi) is 5.26. The van der Waals surface area contributed by atoms with Crippen LogP contribution in [0.3, 0.4) is 0 Å². The molecule has 1 fully saturated rings. The Bertz CT molecular complexity index is 222. The van der Waals surface area contributed by atoms with Gasteiger partial charge in [0.1, 0.15) is 0 Å². The lowest BCUT2D eigenvalue weighted by Crippen LogP contribution is -2.55. The van der Waals surface area contributed by atoms with Gasteiger partial charge in [0.15, 0.2) is 0 Å². The first-order valence-corrected chi connectivity index (χ1v) is 6.74. The molecule has 1 aliphatic heterocycles. The maximum Gasteiger partial charge on any atom is 0.240 e. The second-order valence-corrected chi connectivity index (χ2v) is 4.83. The lowest BCUT2D eigenvalue weighted by molar-refractivity contribution is -0.128. The Balaban J connectivity index is 2.54. The van der Waals surface area contributed by atoms with Crippen LogP contribution >= 0.6 is 0 Å². The average molecular weight is 226 g/mol. The first-order chi connectivity index (χ1) is 7.68. The Morgan fingerprint density at radius 3 is 2.62 bits per heavy atom. The fourth-order valence-corrected chi connectivity index (χ4v) is 2.51. The van der Waals surface area contributed by atoms with Crippen molar-refractivity contribution in [2.24, 2.45) is 0 Å². The van der Waals surface area contributed by atoms with Crippen LogP contribution in [-0.2, 0) is 4.79 Å². The average Bonchev–Trinajstić information content (AvgIpc) is 2.78. The number of rotatable bonds is 6. The smallest absolute Gasteiger partial charge is 0.240 e. The topological polar surface area (TPSA) is 41.1 Å². The minimum absolute atomic E-state index is 0.216. The molecule has 1 rings (SSSR count). The van der Waals surface area contributed by atoms with Gasteiger partial charge in [0, 0.05) is 6.04 Å². The molecule has 1 heterocycles. The van der Waals surface area contributed by atoms with E-state index in [1.54, 1.807) is 0 Å². The Hall–Kier alpha value is -0.570. The summed E-state index contributed by atoms with van der Waals surface area (Å²) in [5, 5.41) is 6.58. The van der Waals surface area contributed by atoms with Gasteiger partial charge in [-0.1, -0.05) is 27.2 Å². The van der Waals surface area contributed by atoms with Crippen LogP contribution < -0.4 is 10.6 Å². The summed E-state index contributed by atoms with van der Waals surface area (Å²) in [6.45, 7) is 7.38. The van der Waals surface area contributed by atoms with E-state index >= 15 is 0 Å². The first-order valence-electron chi connectivity index (χ1n) is 6.74. The maximum atomic E-state index is 12.3. The van der Waals surface area contributed by atoms with Crippen molar-refractivity contribution in [3.05, 3.63) is 0 Å². The minimum Gasteiger partial charge on any atom is -0.352 e. The second kappa shape index (κ2) is 6.24. The largest absolute Gasteiger partial charge is 0.352 e. The number of amides is 1. The minimum atomic E-state index is -0.277. The molecule has 2 N–H and O–H groups in total. The van der Waals surface area contributed by atoms with Crippen LogP contribution in [0, 0.1) is 0 Å². The van der Waals surface area contributed by atoms with E-state index in [1.807, 2.05) is 0 Å². The van der Waals surface area contributed by atoms with E-state index in [4.69, 9.17) is 0 Å². The van der Waals surface area contributed by atoms with Gasteiger partial charge in [0.2, 0.25) is 5.91 Å². The van der Waals surface area contributed by atoms with Crippen LogP contribution in [0.1, 0.15) is 59.3 Å². The van der Waals surface area contributed by atoms with Crippen molar-refractivity contribution in [3.8, 4) is 0 Å². The van der Waals surface area contributed by atoms with Crippen molar-refractivity contribution < 1.29 is 4.79 Å². The van der Waals surface area contributed by atoms with Crippen LogP contribution in [0.5, 0.6) is 0 Å². The summed E-state index contributed by atoms with van der Waals surface area (Å²) in [5.74, 6) is 0.216. The second-order valence-electron chi connectivity index (χ2n) is 4.83. The Labute approximate surface area is 99.4 Å².